The summed E-state index contributed by atoms with van der Waals surface area (Å²) in [5, 5.41) is 9.39. The molecule has 1 aromatic heterocycles. The van der Waals surface area contributed by atoms with Gasteiger partial charge in [0.15, 0.2) is 11.5 Å². The van der Waals surface area contributed by atoms with Crippen LogP contribution in [0.1, 0.15) is 36.7 Å². The number of nitrogens with zero attached hydrogens (tertiary/aromatic N) is 3. The number of aromatic nitrogens is 2. The summed E-state index contributed by atoms with van der Waals surface area (Å²) in [6.07, 6.45) is 3.10. The Morgan fingerprint density at radius 1 is 1.20 bits per heavy atom. The van der Waals surface area contributed by atoms with Gasteiger partial charge in [-0.15, -0.1) is 0 Å². The summed E-state index contributed by atoms with van der Waals surface area (Å²) in [6.45, 7) is 3.05. The third kappa shape index (κ3) is 2.80. The highest BCUT2D eigenvalue weighted by molar-refractivity contribution is 5.81. The van der Waals surface area contributed by atoms with Gasteiger partial charge < -0.3 is 14.0 Å². The van der Waals surface area contributed by atoms with E-state index in [4.69, 9.17) is 14.5 Å². The fourth-order valence-corrected chi connectivity index (χ4v) is 3.20. The predicted molar refractivity (Wildman–Crippen MR) is 94.7 cm³/mol. The molecule has 0 unspecified atom stereocenters. The van der Waals surface area contributed by atoms with Crippen LogP contribution in [-0.4, -0.2) is 16.3 Å². The minimum atomic E-state index is 0.252. The molecule has 2 heterocycles. The van der Waals surface area contributed by atoms with Crippen LogP contribution in [0, 0.1) is 11.3 Å². The summed E-state index contributed by atoms with van der Waals surface area (Å²) in [5.74, 6) is 2.54. The zero-order chi connectivity index (χ0) is 17.2. The van der Waals surface area contributed by atoms with E-state index in [0.29, 0.717) is 12.1 Å². The summed E-state index contributed by atoms with van der Waals surface area (Å²) in [4.78, 5) is 4.82. The minimum absolute atomic E-state index is 0.252. The molecule has 4 rings (SSSR count). The van der Waals surface area contributed by atoms with Gasteiger partial charge >= 0.3 is 0 Å². The average molecular weight is 333 g/mol. The lowest BCUT2D eigenvalue weighted by atomic mass is 10.1. The van der Waals surface area contributed by atoms with Crippen LogP contribution in [-0.2, 0) is 13.0 Å². The summed E-state index contributed by atoms with van der Waals surface area (Å²) in [5.41, 5.74) is 3.62. The van der Waals surface area contributed by atoms with Crippen LogP contribution in [0.5, 0.6) is 11.5 Å². The number of hydrogen-bond acceptors (Lipinski definition) is 4. The Kier molecular flexibility index (Phi) is 4.02. The smallest absolute Gasteiger partial charge is 0.231 e. The van der Waals surface area contributed by atoms with Crippen molar-refractivity contribution in [2.45, 2.75) is 32.7 Å². The summed E-state index contributed by atoms with van der Waals surface area (Å²) in [7, 11) is 0. The molecule has 0 N–H and O–H groups in total. The van der Waals surface area contributed by atoms with Crippen LogP contribution < -0.4 is 9.47 Å². The molecule has 0 saturated heterocycles. The van der Waals surface area contributed by atoms with Gasteiger partial charge in [-0.3, -0.25) is 0 Å². The van der Waals surface area contributed by atoms with Crippen molar-refractivity contribution in [3.63, 3.8) is 0 Å². The quantitative estimate of drug-likeness (QED) is 0.707. The van der Waals surface area contributed by atoms with E-state index in [2.05, 4.69) is 17.6 Å². The summed E-state index contributed by atoms with van der Waals surface area (Å²) < 4.78 is 13.2. The number of imidazole rings is 1. The fraction of sp³-hybridized carbons (Fsp3) is 0.300. The van der Waals surface area contributed by atoms with Gasteiger partial charge in [-0.25, -0.2) is 4.98 Å². The molecule has 0 bridgehead atoms. The Morgan fingerprint density at radius 2 is 2.00 bits per heavy atom. The van der Waals surface area contributed by atoms with E-state index in [-0.39, 0.29) is 6.79 Å². The molecule has 0 amide bonds. The van der Waals surface area contributed by atoms with Gasteiger partial charge in [-0.2, -0.15) is 5.26 Å². The zero-order valence-corrected chi connectivity index (χ0v) is 14.2. The zero-order valence-electron chi connectivity index (χ0n) is 14.2. The van der Waals surface area contributed by atoms with E-state index in [9.17, 15) is 5.26 Å². The van der Waals surface area contributed by atoms with Gasteiger partial charge in [0.1, 0.15) is 5.82 Å². The maximum absolute atomic E-state index is 9.39. The van der Waals surface area contributed by atoms with Crippen molar-refractivity contribution in [1.82, 2.24) is 9.55 Å². The molecule has 0 atom stereocenters. The van der Waals surface area contributed by atoms with Crippen molar-refractivity contribution in [1.29, 1.82) is 5.26 Å². The highest BCUT2D eigenvalue weighted by atomic mass is 16.7. The van der Waals surface area contributed by atoms with Crippen LogP contribution in [0.15, 0.2) is 36.4 Å². The number of fused-ring (bicyclic) bond motifs is 2. The van der Waals surface area contributed by atoms with E-state index < -0.39 is 0 Å². The number of ether oxygens (including phenoxy) is 2. The first-order chi connectivity index (χ1) is 12.3. The standard InChI is InChI=1S/C20H19N3O2/c1-2-3-8-20-22-16-9-18-19(25-13-24-18)10-17(16)23(20)12-15-7-5-4-6-14(15)11-21/h4-7,9-10H,2-3,8,12-13H2,1H3. The van der Waals surface area contributed by atoms with Crippen LogP contribution in [0.2, 0.25) is 0 Å². The van der Waals surface area contributed by atoms with Gasteiger partial charge in [-0.1, -0.05) is 31.5 Å². The maximum Gasteiger partial charge on any atom is 0.231 e. The molecule has 126 valence electrons. The molecule has 0 aliphatic carbocycles. The first-order valence-electron chi connectivity index (χ1n) is 8.57. The number of rotatable bonds is 5. The molecule has 1 aliphatic heterocycles. The highest BCUT2D eigenvalue weighted by Gasteiger charge is 2.19. The molecule has 0 fully saturated rings. The molecule has 25 heavy (non-hydrogen) atoms. The van der Waals surface area contributed by atoms with Gasteiger partial charge in [0.25, 0.3) is 0 Å². The van der Waals surface area contributed by atoms with Gasteiger partial charge in [-0.05, 0) is 18.1 Å². The second kappa shape index (κ2) is 6.48. The molecule has 5 nitrogen and oxygen atoms in total. The van der Waals surface area contributed by atoms with E-state index in [1.54, 1.807) is 0 Å². The first kappa shape index (κ1) is 15.5. The van der Waals surface area contributed by atoms with Crippen LogP contribution in [0.25, 0.3) is 11.0 Å². The Hall–Kier alpha value is -3.00. The van der Waals surface area contributed by atoms with Gasteiger partial charge in [0.05, 0.1) is 29.2 Å². The topological polar surface area (TPSA) is 60.1 Å². The minimum Gasteiger partial charge on any atom is -0.454 e. The number of aryl methyl sites for hydroxylation is 1. The van der Waals surface area contributed by atoms with E-state index in [0.717, 1.165) is 53.2 Å². The van der Waals surface area contributed by atoms with Gasteiger partial charge in [0.2, 0.25) is 6.79 Å². The number of benzene rings is 2. The maximum atomic E-state index is 9.39. The molecule has 0 radical (unpaired) electrons. The van der Waals surface area contributed by atoms with Crippen molar-refractivity contribution in [2.75, 3.05) is 6.79 Å². The largest absolute Gasteiger partial charge is 0.454 e. The van der Waals surface area contributed by atoms with Crippen molar-refractivity contribution in [3.8, 4) is 17.6 Å². The van der Waals surface area contributed by atoms with Crippen molar-refractivity contribution >= 4 is 11.0 Å². The number of nitriles is 1. The lowest BCUT2D eigenvalue weighted by Crippen LogP contribution is -2.06. The van der Waals surface area contributed by atoms with Crippen LogP contribution >= 0.6 is 0 Å². The molecule has 5 heteroatoms. The van der Waals surface area contributed by atoms with E-state index in [1.807, 2.05) is 36.4 Å². The molecule has 2 aromatic carbocycles. The molecule has 3 aromatic rings. The van der Waals surface area contributed by atoms with Gasteiger partial charge in [0, 0.05) is 18.6 Å². The second-order valence-electron chi connectivity index (χ2n) is 6.18. The third-order valence-electron chi connectivity index (χ3n) is 4.54. The van der Waals surface area contributed by atoms with Crippen LogP contribution in [0.4, 0.5) is 0 Å². The summed E-state index contributed by atoms with van der Waals surface area (Å²) >= 11 is 0. The van der Waals surface area contributed by atoms with Crippen molar-refractivity contribution < 1.29 is 9.47 Å². The number of hydrogen-bond donors (Lipinski definition) is 0. The van der Waals surface area contributed by atoms with Crippen molar-refractivity contribution in [2.24, 2.45) is 0 Å². The second-order valence-corrected chi connectivity index (χ2v) is 6.18. The van der Waals surface area contributed by atoms with E-state index in [1.165, 1.54) is 0 Å². The Labute approximate surface area is 146 Å². The third-order valence-corrected chi connectivity index (χ3v) is 4.54. The molecule has 0 saturated carbocycles. The average Bonchev–Trinajstić information content (AvgIpc) is 3.22. The SMILES string of the molecule is CCCCc1nc2cc3c(cc2n1Cc1ccccc1C#N)OCO3. The lowest BCUT2D eigenvalue weighted by Gasteiger charge is -2.11. The fourth-order valence-electron chi connectivity index (χ4n) is 3.20. The highest BCUT2D eigenvalue weighted by Crippen LogP contribution is 2.36. The Morgan fingerprint density at radius 3 is 2.80 bits per heavy atom. The lowest BCUT2D eigenvalue weighted by molar-refractivity contribution is 0.174. The normalized spacial score (nSPS) is 12.5. The van der Waals surface area contributed by atoms with Crippen LogP contribution in [0.3, 0.4) is 0 Å². The molecular weight excluding hydrogens is 314 g/mol. The predicted octanol–water partition coefficient (Wildman–Crippen LogP) is 4.03. The molecular formula is C20H19N3O2. The monoisotopic (exact) mass is 333 g/mol. The molecule has 1 aliphatic rings. The molecule has 0 spiro atoms. The summed E-state index contributed by atoms with van der Waals surface area (Å²) in [6, 6.07) is 13.9. The van der Waals surface area contributed by atoms with E-state index >= 15 is 0 Å². The Bertz CT molecular complexity index is 969. The first-order valence-corrected chi connectivity index (χ1v) is 8.57. The number of unbranched alkanes of at least 4 members (excludes halogenated alkanes) is 1. The Balaban J connectivity index is 1.83. The van der Waals surface area contributed by atoms with Crippen molar-refractivity contribution in [3.05, 3.63) is 53.3 Å².